The third kappa shape index (κ3) is 3.56. The number of amides is 2. The third-order valence-electron chi connectivity index (χ3n) is 3.26. The monoisotopic (exact) mass is 260 g/mol. The first-order valence-corrected chi connectivity index (χ1v) is 6.58. The second-order valence-electron chi connectivity index (χ2n) is 6.04. The van der Waals surface area contributed by atoms with Gasteiger partial charge in [-0.1, -0.05) is 32.9 Å². The van der Waals surface area contributed by atoms with Crippen LogP contribution in [0.15, 0.2) is 24.3 Å². The van der Waals surface area contributed by atoms with Gasteiger partial charge in [-0.25, -0.2) is 0 Å². The maximum atomic E-state index is 11.8. The van der Waals surface area contributed by atoms with Gasteiger partial charge < -0.3 is 0 Å². The summed E-state index contributed by atoms with van der Waals surface area (Å²) in [6.45, 7) is 6.37. The van der Waals surface area contributed by atoms with E-state index in [1.54, 1.807) is 12.1 Å². The van der Waals surface area contributed by atoms with Gasteiger partial charge in [0.05, 0.1) is 0 Å². The van der Waals surface area contributed by atoms with Crippen LogP contribution in [0.4, 0.5) is 0 Å². The molecule has 0 heterocycles. The summed E-state index contributed by atoms with van der Waals surface area (Å²) in [5, 5.41) is 0. The van der Waals surface area contributed by atoms with E-state index < -0.39 is 0 Å². The number of benzene rings is 1. The van der Waals surface area contributed by atoms with E-state index in [1.165, 1.54) is 5.56 Å². The minimum Gasteiger partial charge on any atom is -0.273 e. The fourth-order valence-corrected chi connectivity index (χ4v) is 1.76. The van der Waals surface area contributed by atoms with Gasteiger partial charge in [0.2, 0.25) is 5.91 Å². The van der Waals surface area contributed by atoms with E-state index in [4.69, 9.17) is 0 Å². The van der Waals surface area contributed by atoms with Crippen molar-refractivity contribution in [2.75, 3.05) is 0 Å². The minimum atomic E-state index is -0.283. The number of hydrazine groups is 1. The second kappa shape index (κ2) is 5.03. The molecule has 2 amide bonds. The first kappa shape index (κ1) is 13.6. The average molecular weight is 260 g/mol. The lowest BCUT2D eigenvalue weighted by molar-refractivity contribution is -0.123. The maximum Gasteiger partial charge on any atom is 0.269 e. The van der Waals surface area contributed by atoms with Crippen molar-refractivity contribution in [3.05, 3.63) is 35.4 Å². The number of nitrogens with one attached hydrogen (secondary N) is 2. The Morgan fingerprint density at radius 2 is 1.63 bits per heavy atom. The zero-order chi connectivity index (χ0) is 14.0. The van der Waals surface area contributed by atoms with Crippen molar-refractivity contribution in [1.29, 1.82) is 0 Å². The van der Waals surface area contributed by atoms with Crippen LogP contribution in [0.2, 0.25) is 0 Å². The van der Waals surface area contributed by atoms with Crippen molar-refractivity contribution in [3.8, 4) is 0 Å². The number of hydrogen-bond acceptors (Lipinski definition) is 2. The molecule has 1 aliphatic carbocycles. The lowest BCUT2D eigenvalue weighted by Crippen LogP contribution is -2.42. The van der Waals surface area contributed by atoms with Gasteiger partial charge in [-0.15, -0.1) is 0 Å². The van der Waals surface area contributed by atoms with Crippen LogP contribution in [0.3, 0.4) is 0 Å². The van der Waals surface area contributed by atoms with Crippen LogP contribution in [-0.2, 0) is 10.2 Å². The van der Waals surface area contributed by atoms with Crippen molar-refractivity contribution in [2.45, 2.75) is 39.0 Å². The van der Waals surface area contributed by atoms with Gasteiger partial charge in [-0.05, 0) is 36.0 Å². The summed E-state index contributed by atoms with van der Waals surface area (Å²) in [6.07, 6.45) is 1.84. The third-order valence-corrected chi connectivity index (χ3v) is 3.26. The summed E-state index contributed by atoms with van der Waals surface area (Å²) in [5.41, 5.74) is 6.67. The molecule has 0 bridgehead atoms. The fraction of sp³-hybridized carbons (Fsp3) is 0.467. The molecule has 4 heteroatoms. The van der Waals surface area contributed by atoms with Crippen LogP contribution in [0, 0.1) is 5.92 Å². The second-order valence-corrected chi connectivity index (χ2v) is 6.04. The number of carbonyl (C=O) groups is 2. The zero-order valence-electron chi connectivity index (χ0n) is 11.6. The molecule has 0 saturated heterocycles. The van der Waals surface area contributed by atoms with Crippen LogP contribution >= 0.6 is 0 Å². The zero-order valence-corrected chi connectivity index (χ0v) is 11.6. The van der Waals surface area contributed by atoms with Gasteiger partial charge >= 0.3 is 0 Å². The SMILES string of the molecule is CC(C)(C)c1ccc(C(=O)NNC(=O)C2CC2)cc1. The normalized spacial score (nSPS) is 14.9. The molecule has 1 aliphatic rings. The summed E-state index contributed by atoms with van der Waals surface area (Å²) in [5.74, 6) is -0.294. The van der Waals surface area contributed by atoms with Crippen molar-refractivity contribution in [1.82, 2.24) is 10.9 Å². The van der Waals surface area contributed by atoms with Crippen LogP contribution in [0.25, 0.3) is 0 Å². The topological polar surface area (TPSA) is 58.2 Å². The Kier molecular flexibility index (Phi) is 3.60. The molecule has 2 N–H and O–H groups in total. The van der Waals surface area contributed by atoms with Gasteiger partial charge in [0.25, 0.3) is 5.91 Å². The molecular weight excluding hydrogens is 240 g/mol. The maximum absolute atomic E-state index is 11.8. The highest BCUT2D eigenvalue weighted by molar-refractivity contribution is 5.95. The molecule has 1 fully saturated rings. The molecule has 0 aromatic heterocycles. The van der Waals surface area contributed by atoms with Gasteiger partial charge in [0.1, 0.15) is 0 Å². The minimum absolute atomic E-state index is 0.0647. The van der Waals surface area contributed by atoms with E-state index in [9.17, 15) is 9.59 Å². The Labute approximate surface area is 113 Å². The van der Waals surface area contributed by atoms with E-state index in [0.29, 0.717) is 5.56 Å². The van der Waals surface area contributed by atoms with Crippen LogP contribution in [-0.4, -0.2) is 11.8 Å². The lowest BCUT2D eigenvalue weighted by atomic mass is 9.87. The molecule has 19 heavy (non-hydrogen) atoms. The molecule has 1 aromatic rings. The van der Waals surface area contributed by atoms with Crippen molar-refractivity contribution >= 4 is 11.8 Å². The number of hydrogen-bond donors (Lipinski definition) is 2. The molecule has 0 radical (unpaired) electrons. The Bertz CT molecular complexity index is 482. The standard InChI is InChI=1S/C15H20N2O2/c1-15(2,3)12-8-6-11(7-9-12)14(19)17-16-13(18)10-4-5-10/h6-10H,4-5H2,1-3H3,(H,16,18)(H,17,19). The Hall–Kier alpha value is -1.84. The van der Waals surface area contributed by atoms with Crippen molar-refractivity contribution in [2.24, 2.45) is 5.92 Å². The highest BCUT2D eigenvalue weighted by Gasteiger charge is 2.29. The summed E-state index contributed by atoms with van der Waals surface area (Å²) in [6, 6.07) is 7.44. The van der Waals surface area contributed by atoms with E-state index in [1.807, 2.05) is 12.1 Å². The highest BCUT2D eigenvalue weighted by Crippen LogP contribution is 2.28. The molecule has 4 nitrogen and oxygen atoms in total. The summed E-state index contributed by atoms with van der Waals surface area (Å²) < 4.78 is 0. The first-order valence-electron chi connectivity index (χ1n) is 6.58. The van der Waals surface area contributed by atoms with Crippen molar-refractivity contribution in [3.63, 3.8) is 0 Å². The van der Waals surface area contributed by atoms with Gasteiger partial charge in [-0.3, -0.25) is 20.4 Å². The summed E-state index contributed by atoms with van der Waals surface area (Å²) >= 11 is 0. The quantitative estimate of drug-likeness (QED) is 0.800. The van der Waals surface area contributed by atoms with Crippen LogP contribution < -0.4 is 10.9 Å². The fourth-order valence-electron chi connectivity index (χ4n) is 1.76. The van der Waals surface area contributed by atoms with Gasteiger partial charge in [0, 0.05) is 11.5 Å². The molecule has 102 valence electrons. The molecule has 0 spiro atoms. The predicted octanol–water partition coefficient (Wildman–Crippen LogP) is 2.16. The molecule has 0 unspecified atom stereocenters. The lowest BCUT2D eigenvalue weighted by Gasteiger charge is -2.19. The van der Waals surface area contributed by atoms with Crippen LogP contribution in [0.1, 0.15) is 49.5 Å². The van der Waals surface area contributed by atoms with E-state index >= 15 is 0 Å². The molecule has 2 rings (SSSR count). The van der Waals surface area contributed by atoms with E-state index in [0.717, 1.165) is 12.8 Å². The van der Waals surface area contributed by atoms with E-state index in [2.05, 4.69) is 31.6 Å². The number of carbonyl (C=O) groups excluding carboxylic acids is 2. The average Bonchev–Trinajstić information content (AvgIpc) is 3.19. The molecule has 1 saturated carbocycles. The van der Waals surface area contributed by atoms with Crippen molar-refractivity contribution < 1.29 is 9.59 Å². The molecular formula is C15H20N2O2. The smallest absolute Gasteiger partial charge is 0.269 e. The van der Waals surface area contributed by atoms with E-state index in [-0.39, 0.29) is 23.1 Å². The Morgan fingerprint density at radius 3 is 2.11 bits per heavy atom. The Balaban J connectivity index is 1.93. The molecule has 0 aliphatic heterocycles. The van der Waals surface area contributed by atoms with Gasteiger partial charge in [-0.2, -0.15) is 0 Å². The van der Waals surface area contributed by atoms with Crippen LogP contribution in [0.5, 0.6) is 0 Å². The predicted molar refractivity (Wildman–Crippen MR) is 73.5 cm³/mol. The summed E-state index contributed by atoms with van der Waals surface area (Å²) in [7, 11) is 0. The molecule has 0 atom stereocenters. The molecule has 1 aromatic carbocycles. The summed E-state index contributed by atoms with van der Waals surface area (Å²) in [4.78, 5) is 23.2. The number of rotatable bonds is 2. The largest absolute Gasteiger partial charge is 0.273 e. The highest BCUT2D eigenvalue weighted by atomic mass is 16.2. The van der Waals surface area contributed by atoms with Gasteiger partial charge in [0.15, 0.2) is 0 Å². The first-order chi connectivity index (χ1) is 8.88. The Morgan fingerprint density at radius 1 is 1.05 bits per heavy atom.